The first-order valence-corrected chi connectivity index (χ1v) is 9.35. The molecule has 114 valence electrons. The van der Waals surface area contributed by atoms with Crippen LogP contribution in [0.5, 0.6) is 0 Å². The summed E-state index contributed by atoms with van der Waals surface area (Å²) in [4.78, 5) is 4.43. The molecule has 0 saturated heterocycles. The number of thiazole rings is 1. The second-order valence-electron chi connectivity index (χ2n) is 4.73. The summed E-state index contributed by atoms with van der Waals surface area (Å²) in [6.45, 7) is 3.97. The summed E-state index contributed by atoms with van der Waals surface area (Å²) < 4.78 is 24.8. The van der Waals surface area contributed by atoms with Gasteiger partial charge in [-0.25, -0.2) is 13.4 Å². The fourth-order valence-corrected chi connectivity index (χ4v) is 3.36. The van der Waals surface area contributed by atoms with Gasteiger partial charge in [-0.1, -0.05) is 11.6 Å². The quantitative estimate of drug-likeness (QED) is 0.867. The third kappa shape index (κ3) is 4.59. The Bertz CT molecular complexity index is 744. The minimum atomic E-state index is -3.34. The summed E-state index contributed by atoms with van der Waals surface area (Å²) in [5, 5.41) is 6.65. The number of hydrogen-bond donors (Lipinski definition) is 2. The maximum atomic E-state index is 11.2. The van der Waals surface area contributed by atoms with Gasteiger partial charge in [-0.3, -0.25) is 4.72 Å². The Morgan fingerprint density at radius 2 is 2.10 bits per heavy atom. The number of hydrogen-bond acceptors (Lipinski definition) is 5. The summed E-state index contributed by atoms with van der Waals surface area (Å²) >= 11 is 7.69. The molecule has 0 aliphatic heterocycles. The van der Waals surface area contributed by atoms with Gasteiger partial charge in [0, 0.05) is 11.1 Å². The van der Waals surface area contributed by atoms with Crippen molar-refractivity contribution >= 4 is 44.3 Å². The monoisotopic (exact) mass is 345 g/mol. The number of aryl methyl sites for hydroxylation is 1. The van der Waals surface area contributed by atoms with Gasteiger partial charge >= 0.3 is 0 Å². The maximum Gasteiger partial charge on any atom is 0.229 e. The van der Waals surface area contributed by atoms with E-state index in [0.717, 1.165) is 22.6 Å². The van der Waals surface area contributed by atoms with E-state index in [4.69, 9.17) is 11.6 Å². The van der Waals surface area contributed by atoms with E-state index in [1.54, 1.807) is 29.5 Å². The lowest BCUT2D eigenvalue weighted by Crippen LogP contribution is -2.10. The smallest absolute Gasteiger partial charge is 0.229 e. The van der Waals surface area contributed by atoms with Crippen molar-refractivity contribution in [1.29, 1.82) is 0 Å². The molecule has 2 rings (SSSR count). The first kappa shape index (κ1) is 16.1. The lowest BCUT2D eigenvalue weighted by atomic mass is 10.2. The van der Waals surface area contributed by atoms with E-state index in [-0.39, 0.29) is 6.04 Å². The minimum absolute atomic E-state index is 0.0414. The van der Waals surface area contributed by atoms with Crippen LogP contribution in [-0.2, 0) is 10.0 Å². The van der Waals surface area contributed by atoms with E-state index < -0.39 is 10.0 Å². The fraction of sp³-hybridized carbons (Fsp3) is 0.308. The maximum absolute atomic E-state index is 11.2. The summed E-state index contributed by atoms with van der Waals surface area (Å²) in [6, 6.07) is 5.13. The minimum Gasteiger partial charge on any atom is -0.377 e. The van der Waals surface area contributed by atoms with Gasteiger partial charge in [0.15, 0.2) is 0 Å². The molecule has 21 heavy (non-hydrogen) atoms. The van der Waals surface area contributed by atoms with Gasteiger partial charge < -0.3 is 5.32 Å². The highest BCUT2D eigenvalue weighted by Gasteiger charge is 2.11. The molecule has 2 aromatic rings. The van der Waals surface area contributed by atoms with Crippen LogP contribution in [0.4, 0.5) is 11.4 Å². The van der Waals surface area contributed by atoms with Crippen LogP contribution in [0.1, 0.15) is 23.7 Å². The van der Waals surface area contributed by atoms with Gasteiger partial charge in [-0.05, 0) is 32.0 Å². The molecule has 0 spiro atoms. The number of sulfonamides is 1. The SMILES string of the molecule is Cc1nc(C(C)Nc2ccc(NS(C)(=O)=O)c(Cl)c2)cs1. The van der Waals surface area contributed by atoms with E-state index in [2.05, 4.69) is 15.0 Å². The Hall–Kier alpha value is -1.31. The van der Waals surface area contributed by atoms with Gasteiger partial charge in [-0.2, -0.15) is 0 Å². The molecular formula is C13H16ClN3O2S2. The average Bonchev–Trinajstić information content (AvgIpc) is 2.78. The van der Waals surface area contributed by atoms with E-state index in [9.17, 15) is 8.42 Å². The molecule has 0 aliphatic carbocycles. The Morgan fingerprint density at radius 1 is 1.38 bits per heavy atom. The zero-order chi connectivity index (χ0) is 15.6. The average molecular weight is 346 g/mol. The van der Waals surface area contributed by atoms with Crippen molar-refractivity contribution in [3.05, 3.63) is 39.3 Å². The highest BCUT2D eigenvalue weighted by molar-refractivity contribution is 7.92. The first-order valence-electron chi connectivity index (χ1n) is 6.20. The molecule has 8 heteroatoms. The molecule has 1 unspecified atom stereocenters. The Morgan fingerprint density at radius 3 is 2.62 bits per heavy atom. The molecule has 0 bridgehead atoms. The number of benzene rings is 1. The standard InChI is InChI=1S/C13H16ClN3O2S2/c1-8(13-7-20-9(2)16-13)15-10-4-5-12(11(14)6-10)17-21(3,18)19/h4-8,15,17H,1-3H3. The third-order valence-corrected chi connectivity index (χ3v) is 4.42. The van der Waals surface area contributed by atoms with Crippen LogP contribution in [-0.4, -0.2) is 19.7 Å². The number of anilines is 2. The normalized spacial score (nSPS) is 13.0. The topological polar surface area (TPSA) is 71.1 Å². The lowest BCUT2D eigenvalue weighted by molar-refractivity contribution is 0.607. The summed E-state index contributed by atoms with van der Waals surface area (Å²) in [5.74, 6) is 0. The molecule has 5 nitrogen and oxygen atoms in total. The van der Waals surface area contributed by atoms with Crippen molar-refractivity contribution in [2.45, 2.75) is 19.9 Å². The van der Waals surface area contributed by atoms with Crippen molar-refractivity contribution in [3.63, 3.8) is 0 Å². The van der Waals surface area contributed by atoms with Crippen LogP contribution in [0.15, 0.2) is 23.6 Å². The third-order valence-electron chi connectivity index (χ3n) is 2.73. The first-order chi connectivity index (χ1) is 9.74. The van der Waals surface area contributed by atoms with Crippen LogP contribution in [0.2, 0.25) is 5.02 Å². The zero-order valence-electron chi connectivity index (χ0n) is 11.8. The predicted molar refractivity (Wildman–Crippen MR) is 88.8 cm³/mol. The van der Waals surface area contributed by atoms with Crippen LogP contribution < -0.4 is 10.0 Å². The second kappa shape index (κ2) is 6.21. The Kier molecular flexibility index (Phi) is 4.75. The Labute approximate surface area is 133 Å². The van der Waals surface area contributed by atoms with Gasteiger partial charge in [0.1, 0.15) is 0 Å². The summed E-state index contributed by atoms with van der Waals surface area (Å²) in [5.41, 5.74) is 2.13. The molecule has 1 aromatic carbocycles. The van der Waals surface area contributed by atoms with Crippen LogP contribution in [0.25, 0.3) is 0 Å². The molecule has 1 heterocycles. The van der Waals surface area contributed by atoms with E-state index in [0.29, 0.717) is 10.7 Å². The van der Waals surface area contributed by atoms with Crippen LogP contribution in [0, 0.1) is 6.92 Å². The molecule has 0 radical (unpaired) electrons. The molecule has 0 saturated carbocycles. The van der Waals surface area contributed by atoms with E-state index in [1.807, 2.05) is 19.2 Å². The van der Waals surface area contributed by atoms with Crippen molar-refractivity contribution in [2.75, 3.05) is 16.3 Å². The van der Waals surface area contributed by atoms with Crippen molar-refractivity contribution in [1.82, 2.24) is 4.98 Å². The Balaban J connectivity index is 2.13. The van der Waals surface area contributed by atoms with E-state index >= 15 is 0 Å². The van der Waals surface area contributed by atoms with Gasteiger partial charge in [-0.15, -0.1) is 11.3 Å². The van der Waals surface area contributed by atoms with Gasteiger partial charge in [0.25, 0.3) is 0 Å². The number of nitrogens with one attached hydrogen (secondary N) is 2. The van der Waals surface area contributed by atoms with Crippen molar-refractivity contribution in [2.24, 2.45) is 0 Å². The lowest BCUT2D eigenvalue weighted by Gasteiger charge is -2.14. The van der Waals surface area contributed by atoms with Crippen LogP contribution in [0.3, 0.4) is 0 Å². The highest BCUT2D eigenvalue weighted by atomic mass is 35.5. The molecule has 1 aromatic heterocycles. The summed E-state index contributed by atoms with van der Waals surface area (Å²) in [6.07, 6.45) is 1.09. The number of halogens is 1. The number of rotatable bonds is 5. The molecule has 2 N–H and O–H groups in total. The molecule has 0 aliphatic rings. The van der Waals surface area contributed by atoms with Crippen molar-refractivity contribution < 1.29 is 8.42 Å². The van der Waals surface area contributed by atoms with E-state index in [1.165, 1.54) is 0 Å². The van der Waals surface area contributed by atoms with Crippen molar-refractivity contribution in [3.8, 4) is 0 Å². The predicted octanol–water partition coefficient (Wildman–Crippen LogP) is 3.65. The fourth-order valence-electron chi connectivity index (χ4n) is 1.79. The zero-order valence-corrected chi connectivity index (χ0v) is 14.2. The molecular weight excluding hydrogens is 330 g/mol. The van der Waals surface area contributed by atoms with Gasteiger partial charge in [0.05, 0.1) is 33.7 Å². The molecule has 0 fully saturated rings. The number of aromatic nitrogens is 1. The largest absolute Gasteiger partial charge is 0.377 e. The second-order valence-corrected chi connectivity index (χ2v) is 7.94. The number of nitrogens with zero attached hydrogens (tertiary/aromatic N) is 1. The van der Waals surface area contributed by atoms with Crippen LogP contribution >= 0.6 is 22.9 Å². The molecule has 1 atom stereocenters. The highest BCUT2D eigenvalue weighted by Crippen LogP contribution is 2.28. The molecule has 0 amide bonds. The van der Waals surface area contributed by atoms with Gasteiger partial charge in [0.2, 0.25) is 10.0 Å². The summed E-state index contributed by atoms with van der Waals surface area (Å²) in [7, 11) is -3.34.